The Bertz CT molecular complexity index is 1310. The van der Waals surface area contributed by atoms with E-state index in [1.165, 1.54) is 10.8 Å². The number of pyridine rings is 1. The Balaban J connectivity index is 2.06. The molecular weight excluding hydrogens is 386 g/mol. The maximum absolute atomic E-state index is 10.5. The Labute approximate surface area is 158 Å². The number of aromatic nitrogens is 1. The molecule has 124 valence electrons. The van der Waals surface area contributed by atoms with E-state index in [1.807, 2.05) is 36.4 Å². The van der Waals surface area contributed by atoms with E-state index in [0.29, 0.717) is 5.52 Å². The summed E-state index contributed by atoms with van der Waals surface area (Å²) in [5, 5.41) is 16.0. The van der Waals surface area contributed by atoms with Crippen molar-refractivity contribution in [2.24, 2.45) is 0 Å². The van der Waals surface area contributed by atoms with Crippen LogP contribution in [0.3, 0.4) is 0 Å². The normalized spacial score (nSPS) is 11.4. The number of aromatic hydroxyl groups is 1. The van der Waals surface area contributed by atoms with Crippen molar-refractivity contribution >= 4 is 48.4 Å². The van der Waals surface area contributed by atoms with E-state index in [2.05, 4.69) is 52.3 Å². The predicted octanol–water partition coefficient (Wildman–Crippen LogP) is 6.68. The molecular formula is C23H14BrNO. The molecule has 4 aromatic carbocycles. The number of rotatable bonds is 1. The highest BCUT2D eigenvalue weighted by molar-refractivity contribution is 9.10. The second-order valence-corrected chi connectivity index (χ2v) is 7.27. The minimum atomic E-state index is 0.202. The first-order valence-corrected chi connectivity index (χ1v) is 9.21. The summed E-state index contributed by atoms with van der Waals surface area (Å²) in [5.41, 5.74) is 2.53. The number of benzene rings is 4. The SMILES string of the molecule is Oc1cccc2c1nc(-c1cccc(Br)c1)c1ccc3ccccc3c12. The summed E-state index contributed by atoms with van der Waals surface area (Å²) in [6.45, 7) is 0. The predicted molar refractivity (Wildman–Crippen MR) is 112 cm³/mol. The Morgan fingerprint density at radius 1 is 0.731 bits per heavy atom. The van der Waals surface area contributed by atoms with Gasteiger partial charge in [0.05, 0.1) is 5.69 Å². The smallest absolute Gasteiger partial charge is 0.141 e. The lowest BCUT2D eigenvalue weighted by Crippen LogP contribution is -1.91. The molecule has 3 heteroatoms. The van der Waals surface area contributed by atoms with Gasteiger partial charge in [0.15, 0.2) is 0 Å². The Morgan fingerprint density at radius 2 is 1.54 bits per heavy atom. The highest BCUT2D eigenvalue weighted by Crippen LogP contribution is 2.39. The zero-order chi connectivity index (χ0) is 17.7. The van der Waals surface area contributed by atoms with E-state index in [9.17, 15) is 5.11 Å². The average Bonchev–Trinajstić information content (AvgIpc) is 2.67. The van der Waals surface area contributed by atoms with Gasteiger partial charge in [-0.2, -0.15) is 0 Å². The molecule has 0 saturated carbocycles. The molecule has 0 aliphatic carbocycles. The molecule has 0 fully saturated rings. The number of para-hydroxylation sites is 1. The van der Waals surface area contributed by atoms with Crippen LogP contribution >= 0.6 is 15.9 Å². The maximum atomic E-state index is 10.5. The van der Waals surface area contributed by atoms with Crippen LogP contribution < -0.4 is 0 Å². The fraction of sp³-hybridized carbons (Fsp3) is 0. The van der Waals surface area contributed by atoms with Crippen LogP contribution in [0.1, 0.15) is 0 Å². The fourth-order valence-electron chi connectivity index (χ4n) is 3.64. The number of phenols is 1. The minimum Gasteiger partial charge on any atom is -0.506 e. The summed E-state index contributed by atoms with van der Waals surface area (Å²) >= 11 is 3.55. The molecule has 1 heterocycles. The van der Waals surface area contributed by atoms with Crippen molar-refractivity contribution in [3.05, 3.63) is 83.3 Å². The van der Waals surface area contributed by atoms with Gasteiger partial charge in [-0.3, -0.25) is 0 Å². The third-order valence-corrected chi connectivity index (χ3v) is 5.28. The van der Waals surface area contributed by atoms with Crippen LogP contribution in [0.4, 0.5) is 0 Å². The lowest BCUT2D eigenvalue weighted by molar-refractivity contribution is 0.480. The maximum Gasteiger partial charge on any atom is 0.141 e. The Hall–Kier alpha value is -2.91. The first-order valence-electron chi connectivity index (χ1n) is 8.41. The lowest BCUT2D eigenvalue weighted by Gasteiger charge is -2.13. The van der Waals surface area contributed by atoms with E-state index in [-0.39, 0.29) is 5.75 Å². The van der Waals surface area contributed by atoms with Crippen LogP contribution in [0.2, 0.25) is 0 Å². The van der Waals surface area contributed by atoms with E-state index in [1.54, 1.807) is 6.07 Å². The third-order valence-electron chi connectivity index (χ3n) is 4.79. The van der Waals surface area contributed by atoms with Gasteiger partial charge in [0.1, 0.15) is 11.3 Å². The molecule has 0 aliphatic rings. The highest BCUT2D eigenvalue weighted by Gasteiger charge is 2.14. The van der Waals surface area contributed by atoms with Crippen LogP contribution in [0.5, 0.6) is 5.75 Å². The van der Waals surface area contributed by atoms with Gasteiger partial charge in [-0.15, -0.1) is 0 Å². The van der Waals surface area contributed by atoms with E-state index < -0.39 is 0 Å². The third kappa shape index (κ3) is 2.28. The van der Waals surface area contributed by atoms with Crippen molar-refractivity contribution in [1.82, 2.24) is 4.98 Å². The minimum absolute atomic E-state index is 0.202. The second-order valence-electron chi connectivity index (χ2n) is 6.35. The van der Waals surface area contributed by atoms with Gasteiger partial charge in [0.2, 0.25) is 0 Å². The van der Waals surface area contributed by atoms with Gasteiger partial charge in [0, 0.05) is 26.2 Å². The number of phenolic OH excluding ortho intramolecular Hbond substituents is 1. The second kappa shape index (κ2) is 5.82. The number of hydrogen-bond acceptors (Lipinski definition) is 2. The first kappa shape index (κ1) is 15.4. The molecule has 0 unspecified atom stereocenters. The largest absolute Gasteiger partial charge is 0.506 e. The van der Waals surface area contributed by atoms with Crippen molar-refractivity contribution in [3.63, 3.8) is 0 Å². The summed E-state index contributed by atoms with van der Waals surface area (Å²) in [6, 6.07) is 26.3. The standard InChI is InChI=1S/C23H14BrNO/c24-16-7-3-6-15(13-16)22-19-12-11-14-5-1-2-8-17(14)21(19)18-9-4-10-20(26)23(18)25-22/h1-13,26H. The lowest BCUT2D eigenvalue weighted by atomic mass is 9.95. The number of halogens is 1. The number of nitrogens with zero attached hydrogens (tertiary/aromatic N) is 1. The van der Waals surface area contributed by atoms with Crippen LogP contribution in [-0.4, -0.2) is 10.1 Å². The van der Waals surface area contributed by atoms with Crippen LogP contribution in [-0.2, 0) is 0 Å². The van der Waals surface area contributed by atoms with Crippen molar-refractivity contribution in [2.75, 3.05) is 0 Å². The van der Waals surface area contributed by atoms with Crippen LogP contribution in [0.15, 0.2) is 83.3 Å². The molecule has 2 nitrogen and oxygen atoms in total. The van der Waals surface area contributed by atoms with Gasteiger partial charge < -0.3 is 5.11 Å². The molecule has 0 bridgehead atoms. The molecule has 0 saturated heterocycles. The average molecular weight is 400 g/mol. The molecule has 5 aromatic rings. The molecule has 1 aromatic heterocycles. The van der Waals surface area contributed by atoms with Gasteiger partial charge in [-0.05, 0) is 29.0 Å². The molecule has 1 N–H and O–H groups in total. The van der Waals surface area contributed by atoms with E-state index in [4.69, 9.17) is 4.98 Å². The van der Waals surface area contributed by atoms with Gasteiger partial charge in [-0.25, -0.2) is 4.98 Å². The van der Waals surface area contributed by atoms with Crippen molar-refractivity contribution < 1.29 is 5.11 Å². The zero-order valence-corrected chi connectivity index (χ0v) is 15.4. The molecule has 5 rings (SSSR count). The van der Waals surface area contributed by atoms with E-state index >= 15 is 0 Å². The number of hydrogen-bond donors (Lipinski definition) is 1. The molecule has 0 aliphatic heterocycles. The van der Waals surface area contributed by atoms with E-state index in [0.717, 1.165) is 31.9 Å². The molecule has 26 heavy (non-hydrogen) atoms. The fourth-order valence-corrected chi connectivity index (χ4v) is 4.04. The summed E-state index contributed by atoms with van der Waals surface area (Å²) < 4.78 is 1.00. The topological polar surface area (TPSA) is 33.1 Å². The molecule has 0 atom stereocenters. The van der Waals surface area contributed by atoms with Crippen molar-refractivity contribution in [1.29, 1.82) is 0 Å². The van der Waals surface area contributed by atoms with Crippen LogP contribution in [0, 0.1) is 0 Å². The van der Waals surface area contributed by atoms with Crippen molar-refractivity contribution in [2.45, 2.75) is 0 Å². The highest BCUT2D eigenvalue weighted by atomic mass is 79.9. The van der Waals surface area contributed by atoms with Gasteiger partial charge in [0.25, 0.3) is 0 Å². The summed E-state index contributed by atoms with van der Waals surface area (Å²) in [5.74, 6) is 0.202. The molecule has 0 radical (unpaired) electrons. The summed E-state index contributed by atoms with van der Waals surface area (Å²) in [7, 11) is 0. The Kier molecular flexibility index (Phi) is 3.44. The quantitative estimate of drug-likeness (QED) is 0.319. The van der Waals surface area contributed by atoms with Crippen molar-refractivity contribution in [3.8, 4) is 17.0 Å². The van der Waals surface area contributed by atoms with Crippen LogP contribution in [0.25, 0.3) is 43.7 Å². The zero-order valence-electron chi connectivity index (χ0n) is 13.8. The first-order chi connectivity index (χ1) is 12.7. The molecule has 0 spiro atoms. The molecule has 0 amide bonds. The van der Waals surface area contributed by atoms with Gasteiger partial charge in [-0.1, -0.05) is 76.6 Å². The Morgan fingerprint density at radius 3 is 2.42 bits per heavy atom. The summed E-state index contributed by atoms with van der Waals surface area (Å²) in [6.07, 6.45) is 0. The van der Waals surface area contributed by atoms with Gasteiger partial charge >= 0.3 is 0 Å². The summed E-state index contributed by atoms with van der Waals surface area (Å²) in [4.78, 5) is 4.85. The number of fused-ring (bicyclic) bond motifs is 5. The monoisotopic (exact) mass is 399 g/mol.